The Morgan fingerprint density at radius 1 is 1.09 bits per heavy atom. The molecule has 4 nitrogen and oxygen atoms in total. The Balaban J connectivity index is 1.93. The largest absolute Gasteiger partial charge is 0.417 e. The van der Waals surface area contributed by atoms with Gasteiger partial charge in [-0.3, -0.25) is 0 Å². The predicted molar refractivity (Wildman–Crippen MR) is 122 cm³/mol. The molecule has 0 amide bonds. The second-order valence-electron chi connectivity index (χ2n) is 9.59. The summed E-state index contributed by atoms with van der Waals surface area (Å²) in [4.78, 5) is 9.58. The van der Waals surface area contributed by atoms with Crippen molar-refractivity contribution in [1.82, 2.24) is 14.9 Å². The summed E-state index contributed by atoms with van der Waals surface area (Å²) in [6, 6.07) is 9.23. The minimum absolute atomic E-state index is 0.241. The minimum Gasteiger partial charge on any atom is -0.380 e. The fourth-order valence-corrected chi connectivity index (χ4v) is 4.41. The van der Waals surface area contributed by atoms with Crippen molar-refractivity contribution in [1.29, 1.82) is 0 Å². The zero-order chi connectivity index (χ0) is 24.6. The van der Waals surface area contributed by atoms with Crippen molar-refractivity contribution < 1.29 is 22.7 Å². The summed E-state index contributed by atoms with van der Waals surface area (Å²) in [5, 5.41) is 10.9. The van der Waals surface area contributed by atoms with E-state index in [2.05, 4.69) is 14.9 Å². The van der Waals surface area contributed by atoms with Gasteiger partial charge in [-0.05, 0) is 73.8 Å². The summed E-state index contributed by atoms with van der Waals surface area (Å²) in [7, 11) is 1.96. The lowest BCUT2D eigenvalue weighted by Gasteiger charge is -2.38. The number of halogens is 4. The molecule has 1 unspecified atom stereocenters. The van der Waals surface area contributed by atoms with Crippen LogP contribution in [0, 0.1) is 12.7 Å². The van der Waals surface area contributed by atoms with E-state index in [0.29, 0.717) is 28.7 Å². The number of aliphatic hydroxyl groups is 1. The van der Waals surface area contributed by atoms with E-state index >= 15 is 0 Å². The molecule has 0 aliphatic carbocycles. The zero-order valence-electron chi connectivity index (χ0n) is 19.6. The quantitative estimate of drug-likeness (QED) is 0.422. The van der Waals surface area contributed by atoms with E-state index in [1.54, 1.807) is 32.9 Å². The van der Waals surface area contributed by atoms with Crippen molar-refractivity contribution in [3.05, 3.63) is 64.7 Å². The Hall–Kier alpha value is -2.45. The number of pyridine rings is 1. The molecular formula is C25H31F4N3O. The van der Waals surface area contributed by atoms with Crippen LogP contribution in [0.1, 0.15) is 49.7 Å². The number of aromatic nitrogens is 2. The molecule has 180 valence electrons. The van der Waals surface area contributed by atoms with Crippen LogP contribution in [0.25, 0.3) is 11.0 Å². The lowest BCUT2D eigenvalue weighted by molar-refractivity contribution is -0.266. The highest BCUT2D eigenvalue weighted by Crippen LogP contribution is 2.43. The number of rotatable bonds is 8. The second kappa shape index (κ2) is 9.06. The Labute approximate surface area is 191 Å². The molecule has 33 heavy (non-hydrogen) atoms. The molecule has 3 aromatic rings. The van der Waals surface area contributed by atoms with E-state index in [0.717, 1.165) is 12.2 Å². The smallest absolute Gasteiger partial charge is 0.380 e. The van der Waals surface area contributed by atoms with Gasteiger partial charge in [0.2, 0.25) is 0 Å². The molecule has 2 N–H and O–H groups in total. The van der Waals surface area contributed by atoms with Crippen LogP contribution in [0.2, 0.25) is 0 Å². The molecule has 1 aromatic carbocycles. The first-order valence-corrected chi connectivity index (χ1v) is 11.0. The van der Waals surface area contributed by atoms with Crippen LogP contribution in [-0.2, 0) is 18.4 Å². The molecule has 0 saturated carbocycles. The number of alkyl halides is 3. The maximum atomic E-state index is 14.2. The summed E-state index contributed by atoms with van der Waals surface area (Å²) in [6.45, 7) is 8.40. The molecule has 0 radical (unpaired) electrons. The third kappa shape index (κ3) is 5.55. The number of fused-ring (bicyclic) bond motifs is 1. The average molecular weight is 466 g/mol. The van der Waals surface area contributed by atoms with Crippen molar-refractivity contribution >= 4 is 11.0 Å². The molecule has 0 spiro atoms. The van der Waals surface area contributed by atoms with E-state index in [9.17, 15) is 22.7 Å². The number of aromatic amines is 1. The highest BCUT2D eigenvalue weighted by atomic mass is 19.4. The normalized spacial score (nSPS) is 14.8. The first-order chi connectivity index (χ1) is 15.2. The maximum absolute atomic E-state index is 14.2. The summed E-state index contributed by atoms with van der Waals surface area (Å²) < 4.78 is 56.3. The minimum atomic E-state index is -4.88. The van der Waals surface area contributed by atoms with Crippen molar-refractivity contribution in [3.8, 4) is 0 Å². The van der Waals surface area contributed by atoms with Gasteiger partial charge in [-0.15, -0.1) is 0 Å². The number of aryl methyl sites for hydroxylation is 1. The average Bonchev–Trinajstić information content (AvgIpc) is 3.09. The number of hydrogen-bond donors (Lipinski definition) is 2. The van der Waals surface area contributed by atoms with Gasteiger partial charge in [-0.2, -0.15) is 13.2 Å². The van der Waals surface area contributed by atoms with Crippen LogP contribution in [0.3, 0.4) is 0 Å². The second-order valence-corrected chi connectivity index (χ2v) is 9.59. The number of nitrogens with one attached hydrogen (secondary N) is 1. The van der Waals surface area contributed by atoms with Crippen molar-refractivity contribution in [3.63, 3.8) is 0 Å². The highest BCUT2D eigenvalue weighted by Gasteiger charge is 2.56. The van der Waals surface area contributed by atoms with Gasteiger partial charge in [0.15, 0.2) is 5.60 Å². The molecule has 0 bridgehead atoms. The Kier molecular flexibility index (Phi) is 6.92. The van der Waals surface area contributed by atoms with Crippen molar-refractivity contribution in [2.45, 2.75) is 64.3 Å². The lowest BCUT2D eigenvalue weighted by Crippen LogP contribution is -2.51. The molecule has 0 aliphatic rings. The molecule has 0 saturated heterocycles. The van der Waals surface area contributed by atoms with E-state index in [-0.39, 0.29) is 5.69 Å². The molecule has 1 atom stereocenters. The molecule has 2 aromatic heterocycles. The number of benzene rings is 1. The van der Waals surface area contributed by atoms with Crippen LogP contribution >= 0.6 is 0 Å². The maximum Gasteiger partial charge on any atom is 0.417 e. The molecule has 8 heteroatoms. The van der Waals surface area contributed by atoms with Crippen molar-refractivity contribution in [2.24, 2.45) is 0 Å². The highest BCUT2D eigenvalue weighted by molar-refractivity contribution is 5.76. The Bertz CT molecular complexity index is 1120. The zero-order valence-corrected chi connectivity index (χ0v) is 19.6. The van der Waals surface area contributed by atoms with Crippen LogP contribution < -0.4 is 0 Å². The van der Waals surface area contributed by atoms with Gasteiger partial charge in [-0.1, -0.05) is 26.8 Å². The molecular weight excluding hydrogens is 434 g/mol. The van der Waals surface area contributed by atoms with Crippen molar-refractivity contribution in [2.75, 3.05) is 13.6 Å². The van der Waals surface area contributed by atoms with E-state index in [1.807, 2.05) is 20.0 Å². The first kappa shape index (κ1) is 25.2. The summed E-state index contributed by atoms with van der Waals surface area (Å²) >= 11 is 0. The standard InChI is InChI=1S/C25H31F4N3O/c1-6-32(5)14-18-9-10-21-22(30-18)12-19(31-21)13-24(33,25(27,28)29)15-23(3,4)20-11-17(26)8-7-16(20)2/h7-12,31,33H,6,13-15H2,1-5H3. The van der Waals surface area contributed by atoms with Gasteiger partial charge < -0.3 is 15.0 Å². The Morgan fingerprint density at radius 2 is 1.79 bits per heavy atom. The fraction of sp³-hybridized carbons (Fsp3) is 0.480. The number of hydrogen-bond acceptors (Lipinski definition) is 3. The van der Waals surface area contributed by atoms with Gasteiger partial charge in [0, 0.05) is 18.7 Å². The van der Waals surface area contributed by atoms with E-state index in [1.165, 1.54) is 18.2 Å². The molecule has 2 heterocycles. The summed E-state index contributed by atoms with van der Waals surface area (Å²) in [6.07, 6.45) is -6.16. The van der Waals surface area contributed by atoms with E-state index < -0.39 is 35.9 Å². The monoisotopic (exact) mass is 465 g/mol. The van der Waals surface area contributed by atoms with Gasteiger partial charge in [-0.25, -0.2) is 9.37 Å². The van der Waals surface area contributed by atoms with Gasteiger partial charge in [0.1, 0.15) is 5.82 Å². The third-order valence-electron chi connectivity index (χ3n) is 6.23. The predicted octanol–water partition coefficient (Wildman–Crippen LogP) is 5.67. The summed E-state index contributed by atoms with van der Waals surface area (Å²) in [5.74, 6) is -0.523. The van der Waals surface area contributed by atoms with Gasteiger partial charge in [0.05, 0.1) is 16.7 Å². The number of nitrogens with zero attached hydrogens (tertiary/aromatic N) is 2. The summed E-state index contributed by atoms with van der Waals surface area (Å²) in [5.41, 5.74) is -0.816. The number of H-pyrrole nitrogens is 1. The lowest BCUT2D eigenvalue weighted by atomic mass is 9.72. The van der Waals surface area contributed by atoms with E-state index in [4.69, 9.17) is 0 Å². The van der Waals surface area contributed by atoms with Gasteiger partial charge >= 0.3 is 6.18 Å². The molecule has 0 fully saturated rings. The first-order valence-electron chi connectivity index (χ1n) is 11.0. The molecule has 3 rings (SSSR count). The SMILES string of the molecule is CCN(C)Cc1ccc2[nH]c(CC(O)(CC(C)(C)c3cc(F)ccc3C)C(F)(F)F)cc2n1. The topological polar surface area (TPSA) is 52.2 Å². The van der Waals surface area contributed by atoms with Gasteiger partial charge in [0.25, 0.3) is 0 Å². The molecule has 0 aliphatic heterocycles. The van der Waals surface area contributed by atoms with Crippen LogP contribution in [-0.4, -0.2) is 45.3 Å². The Morgan fingerprint density at radius 3 is 2.42 bits per heavy atom. The third-order valence-corrected chi connectivity index (χ3v) is 6.23. The van der Waals surface area contributed by atoms with Crippen LogP contribution in [0.5, 0.6) is 0 Å². The van der Waals surface area contributed by atoms with Crippen LogP contribution in [0.15, 0.2) is 36.4 Å². The van der Waals surface area contributed by atoms with Crippen LogP contribution in [0.4, 0.5) is 17.6 Å². The fourth-order valence-electron chi connectivity index (χ4n) is 4.41.